The van der Waals surface area contributed by atoms with Gasteiger partial charge in [-0.3, -0.25) is 0 Å². The van der Waals surface area contributed by atoms with E-state index in [9.17, 15) is 0 Å². The molecule has 0 saturated carbocycles. The third kappa shape index (κ3) is 2.49. The highest BCUT2D eigenvalue weighted by Gasteiger charge is 2.21. The number of ether oxygens (including phenoxy) is 1. The van der Waals surface area contributed by atoms with E-state index in [1.807, 2.05) is 18.2 Å². The predicted octanol–water partition coefficient (Wildman–Crippen LogP) is 3.08. The number of nitrogens with zero attached hydrogens (tertiary/aromatic N) is 2. The lowest BCUT2D eigenvalue weighted by atomic mass is 10.2. The lowest BCUT2D eigenvalue weighted by molar-refractivity contribution is 0.201. The number of hydrogen-bond donors (Lipinski definition) is 0. The minimum Gasteiger partial charge on any atom is -0.473 e. The van der Waals surface area contributed by atoms with Crippen molar-refractivity contribution in [1.29, 1.82) is 0 Å². The summed E-state index contributed by atoms with van der Waals surface area (Å²) in [5, 5.41) is 1.13. The predicted molar refractivity (Wildman–Crippen MR) is 76.0 cm³/mol. The van der Waals surface area contributed by atoms with Gasteiger partial charge in [-0.15, -0.1) is 0 Å². The number of rotatable bonds is 2. The van der Waals surface area contributed by atoms with Crippen LogP contribution in [-0.2, 0) is 0 Å². The largest absolute Gasteiger partial charge is 0.473 e. The topological polar surface area (TPSA) is 25.4 Å². The molecule has 1 aliphatic rings. The molecule has 0 radical (unpaired) electrons. The van der Waals surface area contributed by atoms with Crippen LogP contribution in [0.5, 0.6) is 5.88 Å². The average molecular weight is 307 g/mol. The number of hydrogen-bond acceptors (Lipinski definition) is 3. The van der Waals surface area contributed by atoms with Gasteiger partial charge >= 0.3 is 0 Å². The third-order valence-electron chi connectivity index (χ3n) is 3.26. The van der Waals surface area contributed by atoms with Gasteiger partial charge in [0.1, 0.15) is 6.10 Å². The van der Waals surface area contributed by atoms with Crippen molar-refractivity contribution in [2.75, 3.05) is 20.1 Å². The fraction of sp³-hybridized carbons (Fsp3) is 0.357. The Labute approximate surface area is 115 Å². The second kappa shape index (κ2) is 4.86. The number of pyridine rings is 1. The summed E-state index contributed by atoms with van der Waals surface area (Å²) in [6.45, 7) is 2.09. The van der Waals surface area contributed by atoms with Gasteiger partial charge < -0.3 is 9.64 Å². The summed E-state index contributed by atoms with van der Waals surface area (Å²) >= 11 is 3.46. The number of likely N-dealkylation sites (N-methyl/N-ethyl adjacent to an activating group) is 1. The van der Waals surface area contributed by atoms with Crippen LogP contribution in [0.2, 0.25) is 0 Å². The summed E-state index contributed by atoms with van der Waals surface area (Å²) in [4.78, 5) is 6.82. The van der Waals surface area contributed by atoms with Crippen molar-refractivity contribution in [3.05, 3.63) is 34.8 Å². The first-order chi connectivity index (χ1) is 8.70. The highest BCUT2D eigenvalue weighted by atomic mass is 79.9. The van der Waals surface area contributed by atoms with Crippen molar-refractivity contribution in [1.82, 2.24) is 9.88 Å². The molecule has 3 nitrogen and oxygen atoms in total. The summed E-state index contributed by atoms with van der Waals surface area (Å²) in [6, 6.07) is 10.1. The molecule has 3 rings (SSSR count). The van der Waals surface area contributed by atoms with Crippen LogP contribution in [0.4, 0.5) is 0 Å². The molecule has 2 heterocycles. The average Bonchev–Trinajstić information content (AvgIpc) is 2.75. The van der Waals surface area contributed by atoms with Crippen LogP contribution >= 0.6 is 15.9 Å². The molecule has 94 valence electrons. The van der Waals surface area contributed by atoms with Crippen LogP contribution in [0.1, 0.15) is 6.42 Å². The third-order valence-corrected chi connectivity index (χ3v) is 3.75. The van der Waals surface area contributed by atoms with Crippen molar-refractivity contribution in [2.45, 2.75) is 12.5 Å². The van der Waals surface area contributed by atoms with E-state index in [0.717, 1.165) is 40.8 Å². The molecule has 0 N–H and O–H groups in total. The van der Waals surface area contributed by atoms with Crippen LogP contribution in [0, 0.1) is 0 Å². The minimum absolute atomic E-state index is 0.274. The zero-order chi connectivity index (χ0) is 12.5. The van der Waals surface area contributed by atoms with Gasteiger partial charge in [-0.1, -0.05) is 15.9 Å². The standard InChI is InChI=1S/C14H15BrN2O/c1-17-7-6-12(9-17)18-14-5-2-10-8-11(15)3-4-13(10)16-14/h2-5,8,12H,6-7,9H2,1H3. The molecule has 2 aromatic rings. The Bertz CT molecular complexity index is 573. The van der Waals surface area contributed by atoms with E-state index < -0.39 is 0 Å². The van der Waals surface area contributed by atoms with Crippen LogP contribution < -0.4 is 4.74 Å². The van der Waals surface area contributed by atoms with Crippen LogP contribution in [0.15, 0.2) is 34.8 Å². The van der Waals surface area contributed by atoms with Gasteiger partial charge in [0.2, 0.25) is 5.88 Å². The molecule has 18 heavy (non-hydrogen) atoms. The zero-order valence-electron chi connectivity index (χ0n) is 10.3. The van der Waals surface area contributed by atoms with E-state index >= 15 is 0 Å². The van der Waals surface area contributed by atoms with E-state index in [1.165, 1.54) is 0 Å². The number of fused-ring (bicyclic) bond motifs is 1. The molecule has 1 aromatic heterocycles. The van der Waals surface area contributed by atoms with Crippen molar-refractivity contribution >= 4 is 26.8 Å². The van der Waals surface area contributed by atoms with E-state index in [-0.39, 0.29) is 6.10 Å². The molecule has 0 aliphatic carbocycles. The molecule has 0 bridgehead atoms. The molecule has 0 amide bonds. The molecule has 1 atom stereocenters. The first-order valence-electron chi connectivity index (χ1n) is 6.12. The Kier molecular flexibility index (Phi) is 3.22. The van der Waals surface area contributed by atoms with Gasteiger partial charge in [0, 0.05) is 29.0 Å². The van der Waals surface area contributed by atoms with Crippen LogP contribution in [0.25, 0.3) is 10.9 Å². The lowest BCUT2D eigenvalue weighted by Crippen LogP contribution is -2.21. The van der Waals surface area contributed by atoms with Gasteiger partial charge in [0.15, 0.2) is 0 Å². The van der Waals surface area contributed by atoms with Gasteiger partial charge in [0.25, 0.3) is 0 Å². The minimum atomic E-state index is 0.274. The first-order valence-corrected chi connectivity index (χ1v) is 6.91. The van der Waals surface area contributed by atoms with E-state index in [4.69, 9.17) is 4.74 Å². The molecule has 1 aliphatic heterocycles. The number of likely N-dealkylation sites (tertiary alicyclic amines) is 1. The molecular weight excluding hydrogens is 292 g/mol. The fourth-order valence-corrected chi connectivity index (χ4v) is 2.68. The smallest absolute Gasteiger partial charge is 0.214 e. The summed E-state index contributed by atoms with van der Waals surface area (Å²) < 4.78 is 6.99. The SMILES string of the molecule is CN1CCC(Oc2ccc3cc(Br)ccc3n2)C1. The zero-order valence-corrected chi connectivity index (χ0v) is 11.9. The van der Waals surface area contributed by atoms with Gasteiger partial charge in [-0.05, 0) is 37.7 Å². The molecule has 0 spiro atoms. The lowest BCUT2D eigenvalue weighted by Gasteiger charge is -2.13. The second-order valence-electron chi connectivity index (χ2n) is 4.78. The Hall–Kier alpha value is -1.13. The molecule has 1 saturated heterocycles. The highest BCUT2D eigenvalue weighted by Crippen LogP contribution is 2.22. The molecule has 1 fully saturated rings. The number of aromatic nitrogens is 1. The quantitative estimate of drug-likeness (QED) is 0.852. The van der Waals surface area contributed by atoms with Gasteiger partial charge in [-0.2, -0.15) is 0 Å². The maximum Gasteiger partial charge on any atom is 0.214 e. The van der Waals surface area contributed by atoms with E-state index in [1.54, 1.807) is 0 Å². The Morgan fingerprint density at radius 3 is 3.00 bits per heavy atom. The van der Waals surface area contributed by atoms with Gasteiger partial charge in [0.05, 0.1) is 5.52 Å². The van der Waals surface area contributed by atoms with Crippen molar-refractivity contribution in [3.63, 3.8) is 0 Å². The summed E-state index contributed by atoms with van der Waals surface area (Å²) in [5.74, 6) is 0.727. The Balaban J connectivity index is 1.82. The maximum absolute atomic E-state index is 5.92. The van der Waals surface area contributed by atoms with E-state index in [2.05, 4.69) is 45.0 Å². The normalized spacial score (nSPS) is 20.4. The van der Waals surface area contributed by atoms with Crippen molar-refractivity contribution in [3.8, 4) is 5.88 Å². The second-order valence-corrected chi connectivity index (χ2v) is 5.69. The molecule has 1 aromatic carbocycles. The maximum atomic E-state index is 5.92. The summed E-state index contributed by atoms with van der Waals surface area (Å²) in [6.07, 6.45) is 1.35. The van der Waals surface area contributed by atoms with Crippen LogP contribution in [0.3, 0.4) is 0 Å². The summed E-state index contributed by atoms with van der Waals surface area (Å²) in [7, 11) is 2.12. The highest BCUT2D eigenvalue weighted by molar-refractivity contribution is 9.10. The molecular formula is C14H15BrN2O. The fourth-order valence-electron chi connectivity index (χ4n) is 2.30. The number of halogens is 1. The van der Waals surface area contributed by atoms with Crippen molar-refractivity contribution < 1.29 is 4.74 Å². The molecule has 4 heteroatoms. The molecule has 1 unspecified atom stereocenters. The Morgan fingerprint density at radius 1 is 1.33 bits per heavy atom. The first kappa shape index (κ1) is 11.9. The van der Waals surface area contributed by atoms with Crippen molar-refractivity contribution in [2.24, 2.45) is 0 Å². The monoisotopic (exact) mass is 306 g/mol. The van der Waals surface area contributed by atoms with Crippen LogP contribution in [-0.4, -0.2) is 36.1 Å². The Morgan fingerprint density at radius 2 is 2.22 bits per heavy atom. The summed E-state index contributed by atoms with van der Waals surface area (Å²) in [5.41, 5.74) is 0.974. The van der Waals surface area contributed by atoms with E-state index in [0.29, 0.717) is 0 Å². The number of benzene rings is 1. The van der Waals surface area contributed by atoms with Gasteiger partial charge in [-0.25, -0.2) is 4.98 Å².